The SMILES string of the molecule is CCOC(=O)c1cnc(-c2ccc(OC(C)C)cc2)nc1N. The topological polar surface area (TPSA) is 87.3 Å². The number of anilines is 1. The first-order valence-corrected chi connectivity index (χ1v) is 7.08. The molecule has 0 unspecified atom stereocenters. The summed E-state index contributed by atoms with van der Waals surface area (Å²) in [4.78, 5) is 20.0. The van der Waals surface area contributed by atoms with E-state index in [1.165, 1.54) is 6.20 Å². The van der Waals surface area contributed by atoms with Crippen molar-refractivity contribution in [3.63, 3.8) is 0 Å². The molecule has 0 amide bonds. The van der Waals surface area contributed by atoms with Crippen molar-refractivity contribution in [2.75, 3.05) is 12.3 Å². The number of carbonyl (C=O) groups is 1. The zero-order valence-corrected chi connectivity index (χ0v) is 12.9. The van der Waals surface area contributed by atoms with Gasteiger partial charge in [0.25, 0.3) is 0 Å². The van der Waals surface area contributed by atoms with Gasteiger partial charge in [0.1, 0.15) is 17.1 Å². The quantitative estimate of drug-likeness (QED) is 0.854. The summed E-state index contributed by atoms with van der Waals surface area (Å²) >= 11 is 0. The van der Waals surface area contributed by atoms with E-state index in [1.807, 2.05) is 38.1 Å². The maximum Gasteiger partial charge on any atom is 0.343 e. The molecule has 0 spiro atoms. The fraction of sp³-hybridized carbons (Fsp3) is 0.312. The summed E-state index contributed by atoms with van der Waals surface area (Å²) in [6, 6.07) is 7.37. The first-order chi connectivity index (χ1) is 10.5. The number of ether oxygens (including phenoxy) is 2. The molecular weight excluding hydrogens is 282 g/mol. The third-order valence-corrected chi connectivity index (χ3v) is 2.80. The molecular formula is C16H19N3O3. The largest absolute Gasteiger partial charge is 0.491 e. The van der Waals surface area contributed by atoms with Gasteiger partial charge in [0, 0.05) is 11.8 Å². The average Bonchev–Trinajstić information content (AvgIpc) is 2.47. The van der Waals surface area contributed by atoms with Gasteiger partial charge in [-0.2, -0.15) is 0 Å². The smallest absolute Gasteiger partial charge is 0.343 e. The first kappa shape index (κ1) is 15.8. The zero-order valence-electron chi connectivity index (χ0n) is 12.9. The highest BCUT2D eigenvalue weighted by Gasteiger charge is 2.14. The fourth-order valence-electron chi connectivity index (χ4n) is 1.85. The van der Waals surface area contributed by atoms with Crippen LogP contribution in [0.4, 0.5) is 5.82 Å². The van der Waals surface area contributed by atoms with Crippen LogP contribution < -0.4 is 10.5 Å². The van der Waals surface area contributed by atoms with Crippen LogP contribution in [0.1, 0.15) is 31.1 Å². The van der Waals surface area contributed by atoms with E-state index in [1.54, 1.807) is 6.92 Å². The van der Waals surface area contributed by atoms with Gasteiger partial charge in [-0.25, -0.2) is 14.8 Å². The number of nitrogens with two attached hydrogens (primary N) is 1. The van der Waals surface area contributed by atoms with Crippen molar-refractivity contribution in [3.05, 3.63) is 36.0 Å². The molecule has 0 saturated carbocycles. The highest BCUT2D eigenvalue weighted by Crippen LogP contribution is 2.21. The van der Waals surface area contributed by atoms with Crippen molar-refractivity contribution in [1.82, 2.24) is 9.97 Å². The maximum absolute atomic E-state index is 11.7. The Kier molecular flexibility index (Phi) is 4.93. The number of rotatable bonds is 5. The number of carbonyl (C=O) groups excluding carboxylic acids is 1. The molecule has 1 aromatic carbocycles. The van der Waals surface area contributed by atoms with Crippen molar-refractivity contribution in [2.24, 2.45) is 0 Å². The van der Waals surface area contributed by atoms with Crippen LogP contribution >= 0.6 is 0 Å². The molecule has 0 aliphatic carbocycles. The monoisotopic (exact) mass is 301 g/mol. The van der Waals surface area contributed by atoms with Gasteiger partial charge in [-0.1, -0.05) is 0 Å². The lowest BCUT2D eigenvalue weighted by Crippen LogP contribution is -2.10. The summed E-state index contributed by atoms with van der Waals surface area (Å²) in [5.41, 5.74) is 6.77. The van der Waals surface area contributed by atoms with Gasteiger partial charge in [-0.15, -0.1) is 0 Å². The predicted octanol–water partition coefficient (Wildman–Crippen LogP) is 2.69. The number of aromatic nitrogens is 2. The van der Waals surface area contributed by atoms with E-state index in [4.69, 9.17) is 15.2 Å². The van der Waals surface area contributed by atoms with Gasteiger partial charge in [0.2, 0.25) is 0 Å². The molecule has 1 heterocycles. The predicted molar refractivity (Wildman–Crippen MR) is 83.6 cm³/mol. The minimum Gasteiger partial charge on any atom is -0.491 e. The molecule has 0 saturated heterocycles. The van der Waals surface area contributed by atoms with Crippen LogP contribution in [0.3, 0.4) is 0 Å². The Morgan fingerprint density at radius 1 is 1.27 bits per heavy atom. The van der Waals surface area contributed by atoms with E-state index in [2.05, 4.69) is 9.97 Å². The lowest BCUT2D eigenvalue weighted by Gasteiger charge is -2.10. The Labute approximate surface area is 129 Å². The Morgan fingerprint density at radius 2 is 1.95 bits per heavy atom. The van der Waals surface area contributed by atoms with Gasteiger partial charge in [0.15, 0.2) is 5.82 Å². The van der Waals surface area contributed by atoms with Gasteiger partial charge >= 0.3 is 5.97 Å². The zero-order chi connectivity index (χ0) is 16.1. The lowest BCUT2D eigenvalue weighted by molar-refractivity contribution is 0.0527. The maximum atomic E-state index is 11.7. The molecule has 0 bridgehead atoms. The third kappa shape index (κ3) is 3.72. The fourth-order valence-corrected chi connectivity index (χ4v) is 1.85. The number of nitrogen functional groups attached to an aromatic ring is 1. The molecule has 2 rings (SSSR count). The summed E-state index contributed by atoms with van der Waals surface area (Å²) in [5, 5.41) is 0. The summed E-state index contributed by atoms with van der Waals surface area (Å²) in [7, 11) is 0. The molecule has 6 nitrogen and oxygen atoms in total. The van der Waals surface area contributed by atoms with Crippen molar-refractivity contribution in [2.45, 2.75) is 26.9 Å². The highest BCUT2D eigenvalue weighted by atomic mass is 16.5. The number of hydrogen-bond acceptors (Lipinski definition) is 6. The molecule has 2 N–H and O–H groups in total. The number of hydrogen-bond donors (Lipinski definition) is 1. The molecule has 116 valence electrons. The second kappa shape index (κ2) is 6.89. The molecule has 0 fully saturated rings. The Bertz CT molecular complexity index is 654. The van der Waals surface area contributed by atoms with Gasteiger partial charge in [-0.3, -0.25) is 0 Å². The van der Waals surface area contributed by atoms with Crippen LogP contribution in [0.25, 0.3) is 11.4 Å². The normalized spacial score (nSPS) is 10.5. The molecule has 0 radical (unpaired) electrons. The van der Waals surface area contributed by atoms with E-state index in [-0.39, 0.29) is 24.1 Å². The van der Waals surface area contributed by atoms with E-state index >= 15 is 0 Å². The molecule has 1 aromatic heterocycles. The molecule has 22 heavy (non-hydrogen) atoms. The Hall–Kier alpha value is -2.63. The van der Waals surface area contributed by atoms with E-state index in [9.17, 15) is 4.79 Å². The molecule has 0 aliphatic rings. The Balaban J connectivity index is 2.22. The van der Waals surface area contributed by atoms with Crippen LogP contribution in [0.5, 0.6) is 5.75 Å². The van der Waals surface area contributed by atoms with Crippen molar-refractivity contribution in [1.29, 1.82) is 0 Å². The van der Waals surface area contributed by atoms with E-state index < -0.39 is 5.97 Å². The number of nitrogens with zero attached hydrogens (tertiary/aromatic N) is 2. The van der Waals surface area contributed by atoms with E-state index in [0.717, 1.165) is 11.3 Å². The molecule has 2 aromatic rings. The van der Waals surface area contributed by atoms with Crippen molar-refractivity contribution in [3.8, 4) is 17.1 Å². The first-order valence-electron chi connectivity index (χ1n) is 7.08. The Morgan fingerprint density at radius 3 is 2.50 bits per heavy atom. The van der Waals surface area contributed by atoms with Crippen molar-refractivity contribution < 1.29 is 14.3 Å². The van der Waals surface area contributed by atoms with Crippen LogP contribution in [0, 0.1) is 0 Å². The van der Waals surface area contributed by atoms with Crippen LogP contribution in [-0.4, -0.2) is 28.6 Å². The summed E-state index contributed by atoms with van der Waals surface area (Å²) < 4.78 is 10.5. The second-order valence-electron chi connectivity index (χ2n) is 4.90. The third-order valence-electron chi connectivity index (χ3n) is 2.80. The summed E-state index contributed by atoms with van der Waals surface area (Å²) in [6.07, 6.45) is 1.50. The molecule has 0 atom stereocenters. The standard InChI is InChI=1S/C16H19N3O3/c1-4-21-16(20)13-9-18-15(19-14(13)17)11-5-7-12(8-6-11)22-10(2)3/h5-10H,4H2,1-3H3,(H2,17,18,19). The van der Waals surface area contributed by atoms with Crippen LogP contribution in [0.15, 0.2) is 30.5 Å². The second-order valence-corrected chi connectivity index (χ2v) is 4.90. The van der Waals surface area contributed by atoms with Gasteiger partial charge in [0.05, 0.1) is 12.7 Å². The average molecular weight is 301 g/mol. The summed E-state index contributed by atoms with van der Waals surface area (Å²) in [5.74, 6) is 0.801. The van der Waals surface area contributed by atoms with E-state index in [0.29, 0.717) is 5.82 Å². The molecule has 0 aliphatic heterocycles. The minimum absolute atomic E-state index is 0.103. The molecule has 6 heteroatoms. The van der Waals surface area contributed by atoms with Gasteiger partial charge in [-0.05, 0) is 45.0 Å². The minimum atomic E-state index is -0.521. The van der Waals surface area contributed by atoms with Crippen LogP contribution in [0.2, 0.25) is 0 Å². The highest BCUT2D eigenvalue weighted by molar-refractivity contribution is 5.94. The van der Waals surface area contributed by atoms with Crippen molar-refractivity contribution >= 4 is 11.8 Å². The lowest BCUT2D eigenvalue weighted by atomic mass is 10.2. The summed E-state index contributed by atoms with van der Waals surface area (Å²) in [6.45, 7) is 5.93. The van der Waals surface area contributed by atoms with Gasteiger partial charge < -0.3 is 15.2 Å². The number of esters is 1. The van der Waals surface area contributed by atoms with Crippen LogP contribution in [-0.2, 0) is 4.74 Å². The number of benzene rings is 1.